The number of hydrogen-bond acceptors (Lipinski definition) is 2. The summed E-state index contributed by atoms with van der Waals surface area (Å²) < 4.78 is 0. The fraction of sp³-hybridized carbons (Fsp3) is 0.500. The van der Waals surface area contributed by atoms with Gasteiger partial charge in [0.25, 0.3) is 0 Å². The molecule has 0 bridgehead atoms. The molecule has 0 amide bonds. The van der Waals surface area contributed by atoms with E-state index in [2.05, 4.69) is 0 Å². The van der Waals surface area contributed by atoms with Gasteiger partial charge in [0.2, 0.25) is 0 Å². The maximum atomic E-state index is 11.5. The monoisotopic (exact) mass is 235 g/mol. The van der Waals surface area contributed by atoms with Crippen LogP contribution in [0.1, 0.15) is 43.4 Å². The van der Waals surface area contributed by atoms with E-state index in [0.717, 1.165) is 16.7 Å². The molecule has 0 spiro atoms. The number of anilines is 1. The van der Waals surface area contributed by atoms with Gasteiger partial charge in [-0.3, -0.25) is 4.79 Å². The second kappa shape index (κ2) is 4.40. The molecule has 1 atom stereocenters. The van der Waals surface area contributed by atoms with Crippen molar-refractivity contribution in [1.82, 2.24) is 0 Å². The first-order chi connectivity index (χ1) is 7.64. The van der Waals surface area contributed by atoms with Crippen LogP contribution in [0.4, 0.5) is 5.69 Å². The summed E-state index contributed by atoms with van der Waals surface area (Å²) in [5.74, 6) is -1.41. The molecule has 1 aromatic carbocycles. The number of hydrogen-bond donors (Lipinski definition) is 2. The van der Waals surface area contributed by atoms with Gasteiger partial charge in [0, 0.05) is 5.69 Å². The highest BCUT2D eigenvalue weighted by Gasteiger charge is 2.34. The van der Waals surface area contributed by atoms with Crippen LogP contribution in [0.5, 0.6) is 0 Å². The molecule has 0 heterocycles. The Labute approximate surface area is 103 Å². The largest absolute Gasteiger partial charge is 0.481 e. The molecular formula is C14H21NO2. The van der Waals surface area contributed by atoms with E-state index in [1.54, 1.807) is 0 Å². The minimum Gasteiger partial charge on any atom is -0.481 e. The van der Waals surface area contributed by atoms with Crippen molar-refractivity contribution >= 4 is 11.7 Å². The Balaban J connectivity index is 3.44. The molecule has 0 fully saturated rings. The highest BCUT2D eigenvalue weighted by atomic mass is 16.4. The standard InChI is InChI=1S/C14H21NO2/c1-8-6-9(2)12(15)10(7-8)11(13(16)17)14(3,4)5/h6-7,11H,15H2,1-5H3,(H,16,17). The third-order valence-electron chi connectivity index (χ3n) is 2.99. The van der Waals surface area contributed by atoms with Crippen molar-refractivity contribution in [1.29, 1.82) is 0 Å². The number of aryl methyl sites for hydroxylation is 2. The summed E-state index contributed by atoms with van der Waals surface area (Å²) in [6.07, 6.45) is 0. The topological polar surface area (TPSA) is 63.3 Å². The predicted molar refractivity (Wildman–Crippen MR) is 70.2 cm³/mol. The van der Waals surface area contributed by atoms with Gasteiger partial charge in [0.1, 0.15) is 0 Å². The molecule has 0 aromatic heterocycles. The number of aliphatic carboxylic acids is 1. The first-order valence-electron chi connectivity index (χ1n) is 5.74. The van der Waals surface area contributed by atoms with Gasteiger partial charge in [-0.25, -0.2) is 0 Å². The van der Waals surface area contributed by atoms with Crippen LogP contribution in [0.25, 0.3) is 0 Å². The quantitative estimate of drug-likeness (QED) is 0.774. The molecule has 1 unspecified atom stereocenters. The normalized spacial score (nSPS) is 13.5. The van der Waals surface area contributed by atoms with Crippen LogP contribution in [0, 0.1) is 19.3 Å². The van der Waals surface area contributed by atoms with Crippen LogP contribution >= 0.6 is 0 Å². The third kappa shape index (κ3) is 2.78. The Morgan fingerprint density at radius 1 is 1.29 bits per heavy atom. The Morgan fingerprint density at radius 3 is 2.24 bits per heavy atom. The molecule has 1 aromatic rings. The summed E-state index contributed by atoms with van der Waals surface area (Å²) in [6, 6.07) is 3.85. The third-order valence-corrected chi connectivity index (χ3v) is 2.99. The molecule has 94 valence electrons. The highest BCUT2D eigenvalue weighted by molar-refractivity contribution is 5.80. The average molecular weight is 235 g/mol. The molecule has 17 heavy (non-hydrogen) atoms. The second-order valence-electron chi connectivity index (χ2n) is 5.72. The van der Waals surface area contributed by atoms with Crippen LogP contribution in [0.3, 0.4) is 0 Å². The highest BCUT2D eigenvalue weighted by Crippen LogP contribution is 2.39. The predicted octanol–water partition coefficient (Wildman–Crippen LogP) is 3.10. The maximum Gasteiger partial charge on any atom is 0.311 e. The van der Waals surface area contributed by atoms with Crippen LogP contribution in [-0.2, 0) is 4.79 Å². The van der Waals surface area contributed by atoms with Gasteiger partial charge in [-0.2, -0.15) is 0 Å². The van der Waals surface area contributed by atoms with E-state index in [0.29, 0.717) is 5.69 Å². The molecule has 0 saturated carbocycles. The first kappa shape index (κ1) is 13.6. The molecule has 3 nitrogen and oxygen atoms in total. The molecule has 1 rings (SSSR count). The number of carbonyl (C=O) groups is 1. The molecule has 0 aliphatic rings. The summed E-state index contributed by atoms with van der Waals surface area (Å²) >= 11 is 0. The second-order valence-corrected chi connectivity index (χ2v) is 5.72. The number of rotatable bonds is 2. The van der Waals surface area contributed by atoms with Crippen LogP contribution in [0.15, 0.2) is 12.1 Å². The van der Waals surface area contributed by atoms with Gasteiger partial charge >= 0.3 is 5.97 Å². The number of benzene rings is 1. The zero-order chi connectivity index (χ0) is 13.4. The number of carboxylic acids is 1. The lowest BCUT2D eigenvalue weighted by molar-refractivity contribution is -0.141. The van der Waals surface area contributed by atoms with Gasteiger partial charge in [0.05, 0.1) is 5.92 Å². The summed E-state index contributed by atoms with van der Waals surface area (Å²) in [7, 11) is 0. The average Bonchev–Trinajstić information content (AvgIpc) is 2.10. The minimum atomic E-state index is -0.825. The van der Waals surface area contributed by atoms with Crippen molar-refractivity contribution < 1.29 is 9.90 Å². The summed E-state index contributed by atoms with van der Waals surface area (Å²) in [5.41, 5.74) is 8.97. The van der Waals surface area contributed by atoms with Gasteiger partial charge < -0.3 is 10.8 Å². The number of carboxylic acid groups (broad SMARTS) is 1. The van der Waals surface area contributed by atoms with E-state index in [1.165, 1.54) is 0 Å². The zero-order valence-corrected chi connectivity index (χ0v) is 11.2. The van der Waals surface area contributed by atoms with E-state index < -0.39 is 11.9 Å². The van der Waals surface area contributed by atoms with Crippen molar-refractivity contribution in [3.63, 3.8) is 0 Å². The maximum absolute atomic E-state index is 11.5. The molecule has 0 saturated heterocycles. The smallest absolute Gasteiger partial charge is 0.311 e. The Morgan fingerprint density at radius 2 is 1.82 bits per heavy atom. The zero-order valence-electron chi connectivity index (χ0n) is 11.2. The SMILES string of the molecule is Cc1cc(C)c(N)c(C(C(=O)O)C(C)(C)C)c1. The Bertz CT molecular complexity index is 444. The molecule has 0 radical (unpaired) electrons. The molecule has 0 aliphatic heterocycles. The first-order valence-corrected chi connectivity index (χ1v) is 5.74. The van der Waals surface area contributed by atoms with Crippen molar-refractivity contribution in [3.05, 3.63) is 28.8 Å². The fourth-order valence-electron chi connectivity index (χ4n) is 2.22. The fourth-order valence-corrected chi connectivity index (χ4v) is 2.22. The van der Waals surface area contributed by atoms with E-state index >= 15 is 0 Å². The molecule has 3 heteroatoms. The molecule has 3 N–H and O–H groups in total. The van der Waals surface area contributed by atoms with E-state index in [4.69, 9.17) is 5.73 Å². The molecule has 0 aliphatic carbocycles. The summed E-state index contributed by atoms with van der Waals surface area (Å²) in [6.45, 7) is 9.62. The summed E-state index contributed by atoms with van der Waals surface area (Å²) in [4.78, 5) is 11.5. The Kier molecular flexibility index (Phi) is 3.51. The Hall–Kier alpha value is -1.51. The van der Waals surface area contributed by atoms with Gasteiger partial charge in [-0.1, -0.05) is 38.5 Å². The van der Waals surface area contributed by atoms with Gasteiger partial charge in [-0.05, 0) is 30.4 Å². The minimum absolute atomic E-state index is 0.361. The van der Waals surface area contributed by atoms with E-state index in [-0.39, 0.29) is 5.41 Å². The van der Waals surface area contributed by atoms with E-state index in [1.807, 2.05) is 46.8 Å². The van der Waals surface area contributed by atoms with Crippen LogP contribution in [-0.4, -0.2) is 11.1 Å². The van der Waals surface area contributed by atoms with E-state index in [9.17, 15) is 9.90 Å². The summed E-state index contributed by atoms with van der Waals surface area (Å²) in [5, 5.41) is 9.41. The van der Waals surface area contributed by atoms with Crippen LogP contribution in [0.2, 0.25) is 0 Å². The van der Waals surface area contributed by atoms with Crippen LogP contribution < -0.4 is 5.73 Å². The lowest BCUT2D eigenvalue weighted by atomic mass is 9.75. The van der Waals surface area contributed by atoms with Gasteiger partial charge in [0.15, 0.2) is 0 Å². The lowest BCUT2D eigenvalue weighted by Gasteiger charge is -2.29. The van der Waals surface area contributed by atoms with Gasteiger partial charge in [-0.15, -0.1) is 0 Å². The van der Waals surface area contributed by atoms with Crippen molar-refractivity contribution in [3.8, 4) is 0 Å². The number of nitrogens with two attached hydrogens (primary N) is 1. The van der Waals surface area contributed by atoms with Crippen molar-refractivity contribution in [2.24, 2.45) is 5.41 Å². The van der Waals surface area contributed by atoms with Crippen molar-refractivity contribution in [2.45, 2.75) is 40.5 Å². The lowest BCUT2D eigenvalue weighted by Crippen LogP contribution is -2.27. The molecular weight excluding hydrogens is 214 g/mol. The number of nitrogen functional groups attached to an aromatic ring is 1. The van der Waals surface area contributed by atoms with Crippen molar-refractivity contribution in [2.75, 3.05) is 5.73 Å².